The van der Waals surface area contributed by atoms with E-state index in [1.54, 1.807) is 6.26 Å². The van der Waals surface area contributed by atoms with Gasteiger partial charge in [-0.05, 0) is 18.0 Å². The largest absolute Gasteiger partial charge is 0.468 e. The molecule has 0 amide bonds. The Hall–Kier alpha value is -0.760. The highest BCUT2D eigenvalue weighted by Crippen LogP contribution is 2.20. The van der Waals surface area contributed by atoms with Crippen molar-refractivity contribution in [2.75, 3.05) is 0 Å². The van der Waals surface area contributed by atoms with Crippen molar-refractivity contribution in [1.29, 1.82) is 0 Å². The van der Waals surface area contributed by atoms with Crippen LogP contribution in [0.5, 0.6) is 0 Å². The Balaban J connectivity index is 3.16. The Morgan fingerprint density at radius 3 is 2.58 bits per heavy atom. The van der Waals surface area contributed by atoms with Gasteiger partial charge in [0.15, 0.2) is 0 Å². The first-order chi connectivity index (χ1) is 5.70. The fraction of sp³-hybridized carbons (Fsp3) is 0.444. The van der Waals surface area contributed by atoms with Crippen LogP contribution in [-0.2, 0) is 12.8 Å². The molecule has 66 valence electrons. The monoisotopic (exact) mass is 186 g/mol. The third kappa shape index (κ3) is 1.53. The first kappa shape index (κ1) is 9.33. The van der Waals surface area contributed by atoms with Crippen LogP contribution in [0, 0.1) is 0 Å². The average Bonchev–Trinajstić information content (AvgIpc) is 2.46. The van der Waals surface area contributed by atoms with E-state index >= 15 is 0 Å². The number of aryl methyl sites for hydroxylation is 2. The molecule has 0 aliphatic rings. The number of hydrogen-bond donors (Lipinski definition) is 0. The highest BCUT2D eigenvalue weighted by Gasteiger charge is 2.16. The minimum atomic E-state index is -0.419. The average molecular weight is 187 g/mol. The summed E-state index contributed by atoms with van der Waals surface area (Å²) in [6.07, 6.45) is 3.08. The number of rotatable bonds is 3. The van der Waals surface area contributed by atoms with Crippen LogP contribution in [0.15, 0.2) is 10.7 Å². The van der Waals surface area contributed by atoms with E-state index in [0.717, 1.165) is 12.0 Å². The molecule has 1 heterocycles. The predicted molar refractivity (Wildman–Crippen MR) is 47.6 cm³/mol. The van der Waals surface area contributed by atoms with Crippen LogP contribution in [0.2, 0.25) is 0 Å². The van der Waals surface area contributed by atoms with E-state index in [2.05, 4.69) is 0 Å². The van der Waals surface area contributed by atoms with Crippen LogP contribution in [0.3, 0.4) is 0 Å². The smallest absolute Gasteiger partial charge is 0.256 e. The molecule has 0 radical (unpaired) electrons. The summed E-state index contributed by atoms with van der Waals surface area (Å²) in [5.41, 5.74) is 1.45. The zero-order valence-corrected chi connectivity index (χ0v) is 7.94. The molecule has 0 aromatic carbocycles. The summed E-state index contributed by atoms with van der Waals surface area (Å²) in [5.74, 6) is 0.687. The number of carbonyl (C=O) groups is 1. The van der Waals surface area contributed by atoms with Crippen LogP contribution in [0.4, 0.5) is 0 Å². The van der Waals surface area contributed by atoms with Gasteiger partial charge >= 0.3 is 0 Å². The van der Waals surface area contributed by atoms with Gasteiger partial charge in [0.1, 0.15) is 5.76 Å². The molecule has 0 fully saturated rings. The maximum atomic E-state index is 11.0. The third-order valence-electron chi connectivity index (χ3n) is 1.84. The maximum absolute atomic E-state index is 11.0. The van der Waals surface area contributed by atoms with Gasteiger partial charge in [0.05, 0.1) is 11.8 Å². The van der Waals surface area contributed by atoms with Gasteiger partial charge in [0.2, 0.25) is 0 Å². The molecule has 1 rings (SSSR count). The van der Waals surface area contributed by atoms with Gasteiger partial charge in [-0.1, -0.05) is 13.8 Å². The normalized spacial score (nSPS) is 10.2. The first-order valence-corrected chi connectivity index (χ1v) is 4.37. The summed E-state index contributed by atoms with van der Waals surface area (Å²) in [5, 5.41) is -0.419. The Morgan fingerprint density at radius 1 is 1.50 bits per heavy atom. The highest BCUT2D eigenvalue weighted by molar-refractivity contribution is 6.68. The van der Waals surface area contributed by atoms with Gasteiger partial charge in [-0.15, -0.1) is 0 Å². The first-order valence-electron chi connectivity index (χ1n) is 3.99. The van der Waals surface area contributed by atoms with E-state index in [1.807, 2.05) is 13.8 Å². The molecule has 0 saturated carbocycles. The van der Waals surface area contributed by atoms with Crippen LogP contribution in [0.25, 0.3) is 0 Å². The zero-order valence-electron chi connectivity index (χ0n) is 7.19. The van der Waals surface area contributed by atoms with E-state index in [-0.39, 0.29) is 0 Å². The lowest BCUT2D eigenvalue weighted by Gasteiger charge is -1.95. The molecule has 0 unspecified atom stereocenters. The highest BCUT2D eigenvalue weighted by atomic mass is 35.5. The number of halogens is 1. The minimum Gasteiger partial charge on any atom is -0.468 e. The van der Waals surface area contributed by atoms with Crippen molar-refractivity contribution < 1.29 is 9.21 Å². The van der Waals surface area contributed by atoms with Crippen molar-refractivity contribution in [2.45, 2.75) is 26.7 Å². The van der Waals surface area contributed by atoms with E-state index in [9.17, 15) is 4.79 Å². The molecular formula is C9H11ClO2. The lowest BCUT2D eigenvalue weighted by Crippen LogP contribution is -1.95. The van der Waals surface area contributed by atoms with Gasteiger partial charge in [-0.25, -0.2) is 0 Å². The molecule has 0 aliphatic carbocycles. The van der Waals surface area contributed by atoms with Gasteiger partial charge in [-0.2, -0.15) is 0 Å². The Morgan fingerprint density at radius 2 is 2.17 bits per heavy atom. The topological polar surface area (TPSA) is 30.2 Å². The second-order valence-electron chi connectivity index (χ2n) is 2.54. The van der Waals surface area contributed by atoms with Crippen molar-refractivity contribution >= 4 is 16.8 Å². The molecule has 3 heteroatoms. The van der Waals surface area contributed by atoms with E-state index in [0.29, 0.717) is 17.7 Å². The Bertz CT molecular complexity index is 267. The van der Waals surface area contributed by atoms with E-state index < -0.39 is 5.24 Å². The fourth-order valence-electron chi connectivity index (χ4n) is 1.20. The predicted octanol–water partition coefficient (Wildman–Crippen LogP) is 2.78. The summed E-state index contributed by atoms with van der Waals surface area (Å²) in [4.78, 5) is 11.0. The molecule has 0 bridgehead atoms. The molecule has 1 aromatic heterocycles. The number of carbonyl (C=O) groups excluding carboxylic acids is 1. The van der Waals surface area contributed by atoms with Gasteiger partial charge in [-0.3, -0.25) is 4.79 Å². The maximum Gasteiger partial charge on any atom is 0.256 e. The van der Waals surface area contributed by atoms with Crippen LogP contribution in [0.1, 0.15) is 35.5 Å². The van der Waals surface area contributed by atoms with Crippen molar-refractivity contribution in [3.05, 3.63) is 23.2 Å². The van der Waals surface area contributed by atoms with Crippen molar-refractivity contribution in [1.82, 2.24) is 0 Å². The van der Waals surface area contributed by atoms with Crippen molar-refractivity contribution in [2.24, 2.45) is 0 Å². The second kappa shape index (κ2) is 3.76. The molecular weight excluding hydrogens is 176 g/mol. The molecule has 0 N–H and O–H groups in total. The quantitative estimate of drug-likeness (QED) is 0.680. The zero-order chi connectivity index (χ0) is 9.14. The summed E-state index contributed by atoms with van der Waals surface area (Å²) in [6, 6.07) is 0. The standard InChI is InChI=1S/C9H11ClO2/c1-3-6-5-12-7(4-2)8(6)9(10)11/h5H,3-4H2,1-2H3. The summed E-state index contributed by atoms with van der Waals surface area (Å²) in [6.45, 7) is 3.90. The van der Waals surface area contributed by atoms with Crippen molar-refractivity contribution in [3.63, 3.8) is 0 Å². The lowest BCUT2D eigenvalue weighted by atomic mass is 10.1. The number of hydrogen-bond acceptors (Lipinski definition) is 2. The molecule has 0 atom stereocenters. The molecule has 2 nitrogen and oxygen atoms in total. The SMILES string of the molecule is CCc1coc(CC)c1C(=O)Cl. The Labute approximate surface area is 76.5 Å². The minimum absolute atomic E-state index is 0.419. The van der Waals surface area contributed by atoms with Gasteiger partial charge in [0.25, 0.3) is 5.24 Å². The summed E-state index contributed by atoms with van der Waals surface area (Å²) in [7, 11) is 0. The van der Waals surface area contributed by atoms with Crippen molar-refractivity contribution in [3.8, 4) is 0 Å². The molecule has 12 heavy (non-hydrogen) atoms. The second-order valence-corrected chi connectivity index (χ2v) is 2.88. The van der Waals surface area contributed by atoms with Crippen LogP contribution in [-0.4, -0.2) is 5.24 Å². The molecule has 0 spiro atoms. The lowest BCUT2D eigenvalue weighted by molar-refractivity contribution is 0.107. The van der Waals surface area contributed by atoms with Gasteiger partial charge in [0, 0.05) is 12.0 Å². The fourth-order valence-corrected chi connectivity index (χ4v) is 1.42. The summed E-state index contributed by atoms with van der Waals surface area (Å²) < 4.78 is 5.19. The van der Waals surface area contributed by atoms with E-state index in [4.69, 9.17) is 16.0 Å². The van der Waals surface area contributed by atoms with Gasteiger partial charge < -0.3 is 4.42 Å². The number of furan rings is 1. The third-order valence-corrected chi connectivity index (χ3v) is 2.03. The van der Waals surface area contributed by atoms with Crippen LogP contribution >= 0.6 is 11.6 Å². The Kier molecular flexibility index (Phi) is 2.93. The summed E-state index contributed by atoms with van der Waals surface area (Å²) >= 11 is 5.41. The molecule has 0 saturated heterocycles. The molecule has 1 aromatic rings. The molecule has 0 aliphatic heterocycles. The van der Waals surface area contributed by atoms with Crippen LogP contribution < -0.4 is 0 Å². The van der Waals surface area contributed by atoms with E-state index in [1.165, 1.54) is 0 Å².